The van der Waals surface area contributed by atoms with Gasteiger partial charge in [0.2, 0.25) is 0 Å². The second-order valence-electron chi connectivity index (χ2n) is 8.61. The molecular formula is C23H24O. The molecule has 0 bridgehead atoms. The van der Waals surface area contributed by atoms with E-state index in [1.54, 1.807) is 0 Å². The van der Waals surface area contributed by atoms with Crippen molar-refractivity contribution in [3.63, 3.8) is 0 Å². The molecule has 3 aliphatic rings. The van der Waals surface area contributed by atoms with Crippen molar-refractivity contribution < 1.29 is 5.11 Å². The van der Waals surface area contributed by atoms with Crippen molar-refractivity contribution in [3.05, 3.63) is 83.9 Å². The van der Waals surface area contributed by atoms with Gasteiger partial charge >= 0.3 is 0 Å². The molecule has 1 N–H and O–H groups in total. The Morgan fingerprint density at radius 3 is 1.92 bits per heavy atom. The van der Waals surface area contributed by atoms with E-state index in [4.69, 9.17) is 0 Å². The van der Waals surface area contributed by atoms with Gasteiger partial charge in [0.1, 0.15) is 0 Å². The predicted molar refractivity (Wildman–Crippen MR) is 96.8 cm³/mol. The van der Waals surface area contributed by atoms with Gasteiger partial charge in [-0.2, -0.15) is 0 Å². The number of fused-ring (bicyclic) bond motifs is 1. The van der Waals surface area contributed by atoms with E-state index in [2.05, 4.69) is 93.6 Å². The van der Waals surface area contributed by atoms with Gasteiger partial charge < -0.3 is 5.11 Å². The molecule has 5 atom stereocenters. The Morgan fingerprint density at radius 1 is 0.792 bits per heavy atom. The van der Waals surface area contributed by atoms with Crippen molar-refractivity contribution in [2.45, 2.75) is 37.7 Å². The minimum atomic E-state index is -0.328. The van der Waals surface area contributed by atoms with Crippen molar-refractivity contribution >= 4 is 0 Å². The van der Waals surface area contributed by atoms with Crippen LogP contribution in [0.1, 0.15) is 31.9 Å². The lowest BCUT2D eigenvalue weighted by atomic mass is 9.67. The van der Waals surface area contributed by atoms with Crippen LogP contribution in [0.3, 0.4) is 0 Å². The fourth-order valence-electron chi connectivity index (χ4n) is 6.95. The first-order valence-electron chi connectivity index (χ1n) is 8.94. The number of benzene rings is 2. The highest BCUT2D eigenvalue weighted by Gasteiger charge is 2.95. The van der Waals surface area contributed by atoms with E-state index in [9.17, 15) is 5.11 Å². The van der Waals surface area contributed by atoms with Gasteiger partial charge in [-0.05, 0) is 22.5 Å². The van der Waals surface area contributed by atoms with E-state index >= 15 is 0 Å². The summed E-state index contributed by atoms with van der Waals surface area (Å²) in [4.78, 5) is 0. The van der Waals surface area contributed by atoms with E-state index in [-0.39, 0.29) is 27.8 Å². The normalized spacial score (nSPS) is 43.7. The van der Waals surface area contributed by atoms with Gasteiger partial charge in [-0.25, -0.2) is 0 Å². The van der Waals surface area contributed by atoms with E-state index in [1.165, 1.54) is 11.1 Å². The Labute approximate surface area is 144 Å². The first-order valence-corrected chi connectivity index (χ1v) is 8.94. The third-order valence-corrected chi connectivity index (χ3v) is 7.71. The minimum absolute atomic E-state index is 0.0362. The average molecular weight is 316 g/mol. The maximum absolute atomic E-state index is 11.4. The van der Waals surface area contributed by atoms with Crippen LogP contribution in [-0.4, -0.2) is 11.2 Å². The predicted octanol–water partition coefficient (Wildman–Crippen LogP) is 4.47. The molecule has 3 aliphatic carbocycles. The molecule has 0 saturated heterocycles. The zero-order valence-electron chi connectivity index (χ0n) is 14.5. The van der Waals surface area contributed by atoms with Crippen molar-refractivity contribution in [3.8, 4) is 0 Å². The SMILES string of the molecule is CC1(C)C2C=CC3(c4ccccc4)C(C)([C@H]1O)[C@]23c1ccccc1. The lowest BCUT2D eigenvalue weighted by Crippen LogP contribution is -2.40. The van der Waals surface area contributed by atoms with Crippen LogP contribution in [0.25, 0.3) is 0 Å². The Bertz CT molecular complexity index is 837. The number of allylic oxidation sites excluding steroid dienone is 2. The topological polar surface area (TPSA) is 20.2 Å². The van der Waals surface area contributed by atoms with Gasteiger partial charge in [0, 0.05) is 16.2 Å². The van der Waals surface area contributed by atoms with E-state index < -0.39 is 0 Å². The number of aliphatic hydroxyl groups excluding tert-OH is 1. The molecule has 0 aliphatic heterocycles. The molecule has 2 saturated carbocycles. The average Bonchev–Trinajstić information content (AvgIpc) is 2.88. The van der Waals surface area contributed by atoms with Crippen LogP contribution >= 0.6 is 0 Å². The molecule has 122 valence electrons. The Balaban J connectivity index is 1.84. The van der Waals surface area contributed by atoms with E-state index in [0.717, 1.165) is 0 Å². The smallest absolute Gasteiger partial charge is 0.0671 e. The molecule has 3 unspecified atom stereocenters. The molecule has 0 spiro atoms. The first kappa shape index (κ1) is 14.5. The molecule has 5 rings (SSSR count). The van der Waals surface area contributed by atoms with Crippen LogP contribution in [0.15, 0.2) is 72.8 Å². The standard InChI is InChI=1S/C23H24O/c1-20(2)18-14-15-22(16-10-6-4-7-11-16)21(3,19(20)24)23(18,22)17-12-8-5-9-13-17/h4-15,18-19,24H,1-3H3/t18?,19-,21?,22?,23-/m0/s1. The summed E-state index contributed by atoms with van der Waals surface area (Å²) in [5, 5.41) is 11.4. The monoisotopic (exact) mass is 316 g/mol. The first-order chi connectivity index (χ1) is 11.5. The summed E-state index contributed by atoms with van der Waals surface area (Å²) in [7, 11) is 0. The van der Waals surface area contributed by atoms with Gasteiger partial charge in [0.15, 0.2) is 0 Å². The summed E-state index contributed by atoms with van der Waals surface area (Å²) < 4.78 is 0. The molecule has 0 amide bonds. The maximum atomic E-state index is 11.4. The summed E-state index contributed by atoms with van der Waals surface area (Å²) in [6.45, 7) is 6.77. The quantitative estimate of drug-likeness (QED) is 0.811. The molecule has 2 aromatic rings. The summed E-state index contributed by atoms with van der Waals surface area (Å²) in [6, 6.07) is 21.7. The van der Waals surface area contributed by atoms with Crippen LogP contribution < -0.4 is 0 Å². The summed E-state index contributed by atoms with van der Waals surface area (Å²) in [6.07, 6.45) is 4.47. The Morgan fingerprint density at radius 2 is 1.33 bits per heavy atom. The molecule has 2 aromatic carbocycles. The molecular weight excluding hydrogens is 292 g/mol. The lowest BCUT2D eigenvalue weighted by Gasteiger charge is -2.37. The van der Waals surface area contributed by atoms with Crippen LogP contribution in [0, 0.1) is 16.7 Å². The zero-order valence-corrected chi connectivity index (χ0v) is 14.5. The fourth-order valence-corrected chi connectivity index (χ4v) is 6.95. The molecule has 1 heteroatoms. The fraction of sp³-hybridized carbons (Fsp3) is 0.391. The number of hydrogen-bond acceptors (Lipinski definition) is 1. The molecule has 24 heavy (non-hydrogen) atoms. The van der Waals surface area contributed by atoms with Gasteiger partial charge in [0.05, 0.1) is 6.10 Å². The van der Waals surface area contributed by atoms with Gasteiger partial charge in [-0.3, -0.25) is 0 Å². The largest absolute Gasteiger partial charge is 0.392 e. The second-order valence-corrected chi connectivity index (χ2v) is 8.61. The van der Waals surface area contributed by atoms with E-state index in [1.807, 2.05) is 0 Å². The lowest BCUT2D eigenvalue weighted by molar-refractivity contribution is 0.00425. The van der Waals surface area contributed by atoms with Crippen LogP contribution in [0.2, 0.25) is 0 Å². The highest BCUT2D eigenvalue weighted by Crippen LogP contribution is 2.92. The maximum Gasteiger partial charge on any atom is 0.0671 e. The third-order valence-electron chi connectivity index (χ3n) is 7.71. The van der Waals surface area contributed by atoms with Crippen molar-refractivity contribution in [1.82, 2.24) is 0 Å². The van der Waals surface area contributed by atoms with Crippen LogP contribution in [0.4, 0.5) is 0 Å². The van der Waals surface area contributed by atoms with E-state index in [0.29, 0.717) is 5.92 Å². The second kappa shape index (κ2) is 4.03. The number of aliphatic hydroxyl groups is 1. The van der Waals surface area contributed by atoms with Gasteiger partial charge in [-0.15, -0.1) is 0 Å². The summed E-state index contributed by atoms with van der Waals surface area (Å²) >= 11 is 0. The summed E-state index contributed by atoms with van der Waals surface area (Å²) in [5.41, 5.74) is 2.30. The van der Waals surface area contributed by atoms with Crippen LogP contribution in [0.5, 0.6) is 0 Å². The third kappa shape index (κ3) is 1.12. The Hall–Kier alpha value is -1.86. The van der Waals surface area contributed by atoms with Crippen molar-refractivity contribution in [1.29, 1.82) is 0 Å². The molecule has 0 heterocycles. The van der Waals surface area contributed by atoms with Gasteiger partial charge in [0.25, 0.3) is 0 Å². The minimum Gasteiger partial charge on any atom is -0.392 e. The van der Waals surface area contributed by atoms with Crippen LogP contribution in [-0.2, 0) is 10.8 Å². The van der Waals surface area contributed by atoms with Crippen molar-refractivity contribution in [2.75, 3.05) is 0 Å². The molecule has 0 radical (unpaired) electrons. The van der Waals surface area contributed by atoms with Crippen molar-refractivity contribution in [2.24, 2.45) is 16.7 Å². The van der Waals surface area contributed by atoms with Gasteiger partial charge in [-0.1, -0.05) is 93.6 Å². The zero-order chi connectivity index (χ0) is 16.8. The number of rotatable bonds is 2. The highest BCUT2D eigenvalue weighted by molar-refractivity contribution is 5.69. The number of hydrogen-bond donors (Lipinski definition) is 1. The molecule has 2 fully saturated rings. The molecule has 0 aromatic heterocycles. The highest BCUT2D eigenvalue weighted by atomic mass is 16.3. The summed E-state index contributed by atoms with van der Waals surface area (Å²) in [5.74, 6) is 0.354. The Kier molecular flexibility index (Phi) is 2.43. The molecule has 1 nitrogen and oxygen atoms in total.